The average Bonchev–Trinajstić information content (AvgIpc) is 2.72. The number of carbonyl (C=O) groups is 1. The van der Waals surface area contributed by atoms with Crippen molar-refractivity contribution >= 4 is 5.91 Å². The van der Waals surface area contributed by atoms with Crippen LogP contribution in [0.2, 0.25) is 0 Å². The maximum atomic E-state index is 11.8. The molecule has 6 heteroatoms. The van der Waals surface area contributed by atoms with Crippen molar-refractivity contribution < 1.29 is 15.0 Å². The third kappa shape index (κ3) is 2.40. The Morgan fingerprint density at radius 1 is 1.56 bits per heavy atom. The van der Waals surface area contributed by atoms with E-state index in [1.165, 1.54) is 12.5 Å². The Balaban J connectivity index is 2.81. The molecule has 0 saturated carbocycles. The number of imidazole rings is 1. The minimum absolute atomic E-state index is 0.302. The molecule has 0 unspecified atom stereocenters. The van der Waals surface area contributed by atoms with E-state index in [-0.39, 0.29) is 19.1 Å². The highest BCUT2D eigenvalue weighted by Gasteiger charge is 2.29. The first-order chi connectivity index (χ1) is 7.58. The molecular formula is C10H17N3O3. The molecule has 0 radical (unpaired) electrons. The Hall–Kier alpha value is -1.40. The first-order valence-corrected chi connectivity index (χ1v) is 5.09. The van der Waals surface area contributed by atoms with Crippen molar-refractivity contribution in [3.8, 4) is 0 Å². The van der Waals surface area contributed by atoms with Crippen molar-refractivity contribution in [1.29, 1.82) is 0 Å². The summed E-state index contributed by atoms with van der Waals surface area (Å²) in [6, 6.07) is 0. The monoisotopic (exact) mass is 227 g/mol. The van der Waals surface area contributed by atoms with Gasteiger partial charge in [-0.25, -0.2) is 4.98 Å². The lowest BCUT2D eigenvalue weighted by molar-refractivity contribution is 0.0646. The van der Waals surface area contributed by atoms with Gasteiger partial charge in [-0.2, -0.15) is 0 Å². The second-order valence-corrected chi connectivity index (χ2v) is 3.79. The Morgan fingerprint density at radius 2 is 2.19 bits per heavy atom. The maximum absolute atomic E-state index is 11.8. The van der Waals surface area contributed by atoms with Gasteiger partial charge in [0.05, 0.1) is 31.3 Å². The van der Waals surface area contributed by atoms with Crippen LogP contribution in [0, 0.1) is 0 Å². The predicted octanol–water partition coefficient (Wildman–Crippen LogP) is -0.717. The van der Waals surface area contributed by atoms with Crippen LogP contribution in [0.5, 0.6) is 0 Å². The molecule has 90 valence electrons. The van der Waals surface area contributed by atoms with Crippen LogP contribution >= 0.6 is 0 Å². The number of nitrogens with zero attached hydrogens (tertiary/aromatic N) is 2. The first kappa shape index (κ1) is 12.7. The third-order valence-corrected chi connectivity index (χ3v) is 2.71. The first-order valence-electron chi connectivity index (χ1n) is 5.09. The molecule has 16 heavy (non-hydrogen) atoms. The Labute approximate surface area is 93.9 Å². The summed E-state index contributed by atoms with van der Waals surface area (Å²) in [7, 11) is 1.70. The molecule has 6 nitrogen and oxygen atoms in total. The van der Waals surface area contributed by atoms with E-state index in [0.29, 0.717) is 12.1 Å². The molecule has 0 saturated heterocycles. The van der Waals surface area contributed by atoms with E-state index in [4.69, 9.17) is 0 Å². The third-order valence-electron chi connectivity index (χ3n) is 2.71. The van der Waals surface area contributed by atoms with Crippen molar-refractivity contribution in [2.75, 3.05) is 13.2 Å². The molecule has 0 aliphatic rings. The molecule has 1 rings (SSSR count). The Morgan fingerprint density at radius 3 is 2.56 bits per heavy atom. The van der Waals surface area contributed by atoms with Gasteiger partial charge < -0.3 is 20.1 Å². The molecule has 0 fully saturated rings. The highest BCUT2D eigenvalue weighted by molar-refractivity contribution is 5.92. The number of nitrogens with one attached hydrogen (secondary N) is 1. The van der Waals surface area contributed by atoms with Crippen LogP contribution in [0.4, 0.5) is 0 Å². The van der Waals surface area contributed by atoms with E-state index in [9.17, 15) is 15.0 Å². The highest BCUT2D eigenvalue weighted by Crippen LogP contribution is 2.10. The molecule has 1 amide bonds. The maximum Gasteiger partial charge on any atom is 0.270 e. The van der Waals surface area contributed by atoms with E-state index >= 15 is 0 Å². The van der Waals surface area contributed by atoms with Crippen molar-refractivity contribution in [3.63, 3.8) is 0 Å². The number of aryl methyl sites for hydroxylation is 1. The van der Waals surface area contributed by atoms with E-state index in [1.54, 1.807) is 18.5 Å². The molecule has 0 aromatic carbocycles. The number of amides is 1. The number of hydrogen-bond donors (Lipinski definition) is 3. The van der Waals surface area contributed by atoms with E-state index in [2.05, 4.69) is 10.3 Å². The van der Waals surface area contributed by atoms with Crippen LogP contribution in [0.25, 0.3) is 0 Å². The number of rotatable bonds is 5. The Bertz CT molecular complexity index is 350. The van der Waals surface area contributed by atoms with Crippen LogP contribution < -0.4 is 5.32 Å². The lowest BCUT2D eigenvalue weighted by Crippen LogP contribution is -2.54. The fourth-order valence-electron chi connectivity index (χ4n) is 1.32. The standard InChI is InChI=1S/C10H17N3O3/c1-3-10(5-14,6-15)12-9(16)8-4-11-7-13(8)2/h4,7,14-15H,3,5-6H2,1-2H3,(H,12,16). The zero-order valence-electron chi connectivity index (χ0n) is 9.47. The quantitative estimate of drug-likeness (QED) is 0.619. The van der Waals surface area contributed by atoms with Gasteiger partial charge in [-0.05, 0) is 6.42 Å². The smallest absolute Gasteiger partial charge is 0.270 e. The summed E-state index contributed by atoms with van der Waals surface area (Å²) in [6.07, 6.45) is 3.40. The number of hydrogen-bond acceptors (Lipinski definition) is 4. The molecule has 0 aliphatic heterocycles. The van der Waals surface area contributed by atoms with Crippen molar-refractivity contribution in [2.45, 2.75) is 18.9 Å². The topological polar surface area (TPSA) is 87.4 Å². The molecule has 3 N–H and O–H groups in total. The highest BCUT2D eigenvalue weighted by atomic mass is 16.3. The number of aliphatic hydroxyl groups excluding tert-OH is 2. The summed E-state index contributed by atoms with van der Waals surface area (Å²) >= 11 is 0. The summed E-state index contributed by atoms with van der Waals surface area (Å²) in [6.45, 7) is 1.18. The SMILES string of the molecule is CCC(CO)(CO)NC(=O)c1cncn1C. The lowest BCUT2D eigenvalue weighted by atomic mass is 9.98. The van der Waals surface area contributed by atoms with Crippen LogP contribution in [0.1, 0.15) is 23.8 Å². The normalized spacial score (nSPS) is 11.5. The summed E-state index contributed by atoms with van der Waals surface area (Å²) in [5.41, 5.74) is -0.582. The molecule has 1 aromatic rings. The van der Waals surface area contributed by atoms with Crippen LogP contribution in [0.3, 0.4) is 0 Å². The van der Waals surface area contributed by atoms with Gasteiger partial charge in [0.2, 0.25) is 0 Å². The van der Waals surface area contributed by atoms with Crippen LogP contribution in [-0.4, -0.2) is 44.4 Å². The largest absolute Gasteiger partial charge is 0.394 e. The minimum Gasteiger partial charge on any atom is -0.394 e. The van der Waals surface area contributed by atoms with Gasteiger partial charge >= 0.3 is 0 Å². The molecule has 0 atom stereocenters. The van der Waals surface area contributed by atoms with Crippen molar-refractivity contribution in [2.24, 2.45) is 7.05 Å². The fourth-order valence-corrected chi connectivity index (χ4v) is 1.32. The van der Waals surface area contributed by atoms with Crippen molar-refractivity contribution in [3.05, 3.63) is 18.2 Å². The van der Waals surface area contributed by atoms with Gasteiger partial charge in [0.15, 0.2) is 0 Å². The van der Waals surface area contributed by atoms with Gasteiger partial charge in [-0.15, -0.1) is 0 Å². The fraction of sp³-hybridized carbons (Fsp3) is 0.600. The van der Waals surface area contributed by atoms with Gasteiger partial charge in [-0.1, -0.05) is 6.92 Å². The van der Waals surface area contributed by atoms with Crippen LogP contribution in [0.15, 0.2) is 12.5 Å². The number of carbonyl (C=O) groups excluding carboxylic acids is 1. The van der Waals surface area contributed by atoms with Crippen molar-refractivity contribution in [1.82, 2.24) is 14.9 Å². The number of aromatic nitrogens is 2. The molecule has 0 aliphatic carbocycles. The average molecular weight is 227 g/mol. The predicted molar refractivity (Wildman–Crippen MR) is 57.9 cm³/mol. The second-order valence-electron chi connectivity index (χ2n) is 3.79. The van der Waals surface area contributed by atoms with E-state index in [0.717, 1.165) is 0 Å². The molecule has 1 heterocycles. The van der Waals surface area contributed by atoms with Gasteiger partial charge in [0.1, 0.15) is 5.69 Å². The summed E-state index contributed by atoms with van der Waals surface area (Å²) < 4.78 is 1.57. The zero-order valence-corrected chi connectivity index (χ0v) is 9.47. The summed E-state index contributed by atoms with van der Waals surface area (Å²) in [5.74, 6) is -0.357. The second kappa shape index (κ2) is 5.09. The lowest BCUT2D eigenvalue weighted by Gasteiger charge is -2.29. The summed E-state index contributed by atoms with van der Waals surface area (Å²) in [5, 5.41) is 21.0. The molecular weight excluding hydrogens is 210 g/mol. The summed E-state index contributed by atoms with van der Waals surface area (Å²) in [4.78, 5) is 15.7. The minimum atomic E-state index is -0.971. The van der Waals surface area contributed by atoms with Gasteiger partial charge in [0.25, 0.3) is 5.91 Å². The molecule has 1 aromatic heterocycles. The Kier molecular flexibility index (Phi) is 4.03. The van der Waals surface area contributed by atoms with Crippen LogP contribution in [-0.2, 0) is 7.05 Å². The number of aliphatic hydroxyl groups is 2. The van der Waals surface area contributed by atoms with Gasteiger partial charge in [-0.3, -0.25) is 4.79 Å². The van der Waals surface area contributed by atoms with Gasteiger partial charge in [0, 0.05) is 7.05 Å². The zero-order chi connectivity index (χ0) is 12.2. The molecule has 0 bridgehead atoms. The van der Waals surface area contributed by atoms with E-state index < -0.39 is 5.54 Å². The molecule has 0 spiro atoms. The van der Waals surface area contributed by atoms with E-state index in [1.807, 2.05) is 0 Å².